The van der Waals surface area contributed by atoms with Gasteiger partial charge in [0, 0.05) is 20.5 Å². The van der Waals surface area contributed by atoms with Crippen LogP contribution in [-0.4, -0.2) is 48.7 Å². The molecule has 5 nitrogen and oxygen atoms in total. The van der Waals surface area contributed by atoms with Crippen molar-refractivity contribution in [3.05, 3.63) is 36.0 Å². The maximum Gasteiger partial charge on any atom is 0.409 e. The van der Waals surface area contributed by atoms with E-state index in [-0.39, 0.29) is 17.5 Å². The Kier molecular flexibility index (Phi) is 10.9. The molecule has 0 N–H and O–H groups in total. The normalized spacial score (nSPS) is 27.0. The van der Waals surface area contributed by atoms with Gasteiger partial charge in [-0.2, -0.15) is 0 Å². The Morgan fingerprint density at radius 2 is 1.76 bits per heavy atom. The van der Waals surface area contributed by atoms with Crippen molar-refractivity contribution >= 4 is 11.9 Å². The first-order valence-corrected chi connectivity index (χ1v) is 12.7. The van der Waals surface area contributed by atoms with Gasteiger partial charge in [-0.3, -0.25) is 4.79 Å². The first kappa shape index (κ1) is 27.4. The number of carbonyl (C=O) groups is 2. The summed E-state index contributed by atoms with van der Waals surface area (Å²) in [6, 6.07) is 0. The summed E-state index contributed by atoms with van der Waals surface area (Å²) < 4.78 is 11.4. The van der Waals surface area contributed by atoms with Gasteiger partial charge in [-0.15, -0.1) is 0 Å². The zero-order valence-electron chi connectivity index (χ0n) is 21.6. The number of allylic oxidation sites excluding steroid dienone is 4. The van der Waals surface area contributed by atoms with E-state index in [0.717, 1.165) is 32.1 Å². The molecule has 1 saturated carbocycles. The van der Waals surface area contributed by atoms with Crippen molar-refractivity contribution in [3.8, 4) is 0 Å². The minimum absolute atomic E-state index is 0.00215. The fourth-order valence-corrected chi connectivity index (χ4v) is 4.64. The van der Waals surface area contributed by atoms with Crippen LogP contribution in [0.2, 0.25) is 0 Å². The number of hydrogen-bond acceptors (Lipinski definition) is 4. The molecule has 0 radical (unpaired) electrons. The van der Waals surface area contributed by atoms with E-state index in [4.69, 9.17) is 9.47 Å². The van der Waals surface area contributed by atoms with Gasteiger partial charge in [0.2, 0.25) is 0 Å². The molecule has 2 rings (SSSR count). The fourth-order valence-electron chi connectivity index (χ4n) is 4.64. The van der Waals surface area contributed by atoms with Crippen molar-refractivity contribution in [3.63, 3.8) is 0 Å². The van der Waals surface area contributed by atoms with E-state index in [1.807, 2.05) is 0 Å². The van der Waals surface area contributed by atoms with E-state index in [0.29, 0.717) is 18.3 Å². The lowest BCUT2D eigenvalue weighted by atomic mass is 9.78. The van der Waals surface area contributed by atoms with Crippen LogP contribution in [0.5, 0.6) is 0 Å². The standard InChI is InChI=1S/C28H45NO4/c1-21(10-18-26-8-7-19-28(3,4)33-26)9-12-23-13-15-24(16-14-23)20-25(30)17-11-22(2)32-27(31)29(5)6/h9-11,17-18,22-24,26H,7-8,12-16,19-20H2,1-6H3. The highest BCUT2D eigenvalue weighted by atomic mass is 16.6. The Labute approximate surface area is 201 Å². The van der Waals surface area contributed by atoms with Crippen molar-refractivity contribution in [2.45, 2.75) is 103 Å². The molecule has 0 bridgehead atoms. The van der Waals surface area contributed by atoms with Crippen molar-refractivity contribution in [1.82, 2.24) is 4.90 Å². The second-order valence-corrected chi connectivity index (χ2v) is 10.8. The molecule has 1 amide bonds. The minimum atomic E-state index is -0.403. The van der Waals surface area contributed by atoms with Crippen LogP contribution in [0, 0.1) is 11.8 Å². The molecular formula is C28H45NO4. The summed E-state index contributed by atoms with van der Waals surface area (Å²) in [5, 5.41) is 0. The van der Waals surface area contributed by atoms with Gasteiger partial charge in [0.25, 0.3) is 0 Å². The molecule has 0 aromatic carbocycles. The molecule has 2 atom stereocenters. The third kappa shape index (κ3) is 10.7. The first-order valence-electron chi connectivity index (χ1n) is 12.7. The van der Waals surface area contributed by atoms with Crippen LogP contribution in [-0.2, 0) is 14.3 Å². The highest BCUT2D eigenvalue weighted by molar-refractivity contribution is 5.89. The van der Waals surface area contributed by atoms with Crippen molar-refractivity contribution in [2.75, 3.05) is 14.1 Å². The van der Waals surface area contributed by atoms with E-state index < -0.39 is 12.2 Å². The predicted molar refractivity (Wildman–Crippen MR) is 134 cm³/mol. The lowest BCUT2D eigenvalue weighted by Crippen LogP contribution is -2.34. The van der Waals surface area contributed by atoms with Crippen molar-refractivity contribution in [1.29, 1.82) is 0 Å². The Bertz CT molecular complexity index is 726. The average molecular weight is 460 g/mol. The Morgan fingerprint density at radius 3 is 2.39 bits per heavy atom. The second kappa shape index (κ2) is 13.1. The van der Waals surface area contributed by atoms with Crippen LogP contribution in [0.1, 0.15) is 85.5 Å². The van der Waals surface area contributed by atoms with Gasteiger partial charge in [0.1, 0.15) is 6.10 Å². The number of ketones is 1. The second-order valence-electron chi connectivity index (χ2n) is 10.8. The molecular weight excluding hydrogens is 414 g/mol. The molecule has 0 aromatic heterocycles. The van der Waals surface area contributed by atoms with Gasteiger partial charge >= 0.3 is 6.09 Å². The summed E-state index contributed by atoms with van der Waals surface area (Å²) in [6.45, 7) is 8.31. The zero-order chi connectivity index (χ0) is 24.4. The van der Waals surface area contributed by atoms with Crippen LogP contribution in [0.15, 0.2) is 36.0 Å². The van der Waals surface area contributed by atoms with Gasteiger partial charge < -0.3 is 14.4 Å². The van der Waals surface area contributed by atoms with Gasteiger partial charge in [-0.25, -0.2) is 4.79 Å². The molecule has 2 aliphatic rings. The van der Waals surface area contributed by atoms with E-state index >= 15 is 0 Å². The number of nitrogens with zero attached hydrogens (tertiary/aromatic N) is 1. The molecule has 1 aliphatic heterocycles. The molecule has 0 aromatic rings. The summed E-state index contributed by atoms with van der Waals surface area (Å²) in [7, 11) is 3.28. The molecule has 1 heterocycles. The molecule has 0 spiro atoms. The molecule has 2 fully saturated rings. The SMILES string of the molecule is CC(C=CC1CCCC(C)(C)O1)=CCC1CCC(CC(=O)C=CC(C)OC(=O)N(C)C)CC1. The number of ether oxygens (including phenoxy) is 2. The van der Waals surface area contributed by atoms with Crippen LogP contribution in [0.25, 0.3) is 0 Å². The summed E-state index contributed by atoms with van der Waals surface area (Å²) in [4.78, 5) is 25.2. The fraction of sp³-hybridized carbons (Fsp3) is 0.714. The smallest absolute Gasteiger partial charge is 0.409 e. The summed E-state index contributed by atoms with van der Waals surface area (Å²) >= 11 is 0. The largest absolute Gasteiger partial charge is 0.442 e. The van der Waals surface area contributed by atoms with Crippen molar-refractivity contribution < 1.29 is 19.1 Å². The lowest BCUT2D eigenvalue weighted by molar-refractivity contribution is -0.115. The van der Waals surface area contributed by atoms with E-state index in [9.17, 15) is 9.59 Å². The van der Waals surface area contributed by atoms with Crippen molar-refractivity contribution in [2.24, 2.45) is 11.8 Å². The lowest BCUT2D eigenvalue weighted by Gasteiger charge is -2.34. The Morgan fingerprint density at radius 1 is 1.09 bits per heavy atom. The zero-order valence-corrected chi connectivity index (χ0v) is 21.6. The van der Waals surface area contributed by atoms with Gasteiger partial charge in [0.15, 0.2) is 5.78 Å². The molecule has 2 unspecified atom stereocenters. The summed E-state index contributed by atoms with van der Waals surface area (Å²) in [5.41, 5.74) is 1.31. The highest BCUT2D eigenvalue weighted by Crippen LogP contribution is 2.33. The summed E-state index contributed by atoms with van der Waals surface area (Å²) in [5.74, 6) is 1.31. The van der Waals surface area contributed by atoms with E-state index in [2.05, 4.69) is 39.0 Å². The van der Waals surface area contributed by atoms with Crippen LogP contribution in [0.4, 0.5) is 4.79 Å². The molecule has 1 saturated heterocycles. The monoisotopic (exact) mass is 459 g/mol. The molecule has 186 valence electrons. The minimum Gasteiger partial charge on any atom is -0.442 e. The third-order valence-corrected chi connectivity index (χ3v) is 6.75. The number of rotatable bonds is 9. The van der Waals surface area contributed by atoms with Crippen LogP contribution < -0.4 is 0 Å². The molecule has 1 aliphatic carbocycles. The third-order valence-electron chi connectivity index (χ3n) is 6.75. The molecule has 5 heteroatoms. The predicted octanol–water partition coefficient (Wildman–Crippen LogP) is 6.64. The maximum absolute atomic E-state index is 12.3. The number of hydrogen-bond donors (Lipinski definition) is 0. The highest BCUT2D eigenvalue weighted by Gasteiger charge is 2.27. The van der Waals surface area contributed by atoms with E-state index in [1.54, 1.807) is 33.2 Å². The van der Waals surface area contributed by atoms with Gasteiger partial charge in [-0.1, -0.05) is 23.8 Å². The maximum atomic E-state index is 12.3. The first-order chi connectivity index (χ1) is 15.5. The average Bonchev–Trinajstić information content (AvgIpc) is 2.75. The number of amides is 1. The number of carbonyl (C=O) groups excluding carboxylic acids is 2. The molecule has 33 heavy (non-hydrogen) atoms. The van der Waals surface area contributed by atoms with E-state index in [1.165, 1.54) is 29.7 Å². The summed E-state index contributed by atoms with van der Waals surface area (Å²) in [6.07, 6.45) is 19.3. The van der Waals surface area contributed by atoms with Gasteiger partial charge in [-0.05, 0) is 103 Å². The van der Waals surface area contributed by atoms with Gasteiger partial charge in [0.05, 0.1) is 11.7 Å². The van der Waals surface area contributed by atoms with Crippen LogP contribution in [0.3, 0.4) is 0 Å². The van der Waals surface area contributed by atoms with Crippen LogP contribution >= 0.6 is 0 Å². The quantitative estimate of drug-likeness (QED) is 0.287. The Balaban J connectivity index is 1.67. The topological polar surface area (TPSA) is 55.8 Å². The Hall–Kier alpha value is -1.88.